The first-order chi connectivity index (χ1) is 8.29. The van der Waals surface area contributed by atoms with E-state index in [1.807, 2.05) is 25.3 Å². The third kappa shape index (κ3) is 3.27. The Labute approximate surface area is 102 Å². The van der Waals surface area contributed by atoms with Crippen LogP contribution in [0, 0.1) is 6.92 Å². The lowest BCUT2D eigenvalue weighted by molar-refractivity contribution is 0.442. The minimum Gasteiger partial charge on any atom is -0.308 e. The van der Waals surface area contributed by atoms with Crippen LogP contribution in [-0.2, 0) is 0 Å². The fraction of sp³-hybridized carbons (Fsp3) is 0.538. The van der Waals surface area contributed by atoms with Crippen LogP contribution in [0.4, 0.5) is 0 Å². The topological polar surface area (TPSA) is 63.3 Å². The van der Waals surface area contributed by atoms with Crippen molar-refractivity contribution in [3.05, 3.63) is 29.6 Å². The highest BCUT2D eigenvalue weighted by Gasteiger charge is 2.13. The molecule has 0 bridgehead atoms. The smallest absolute Gasteiger partial charge is 0.144 e. The Bertz CT molecular complexity index is 377. The molecule has 0 saturated heterocycles. The normalized spacial score (nSPS) is 18.1. The Morgan fingerprint density at radius 2 is 2.12 bits per heavy atom. The number of hydrogen-bond donors (Lipinski definition) is 2. The Kier molecular flexibility index (Phi) is 4.09. The Morgan fingerprint density at radius 3 is 2.71 bits per heavy atom. The molecule has 2 rings (SSSR count). The molecule has 0 amide bonds. The van der Waals surface area contributed by atoms with Crippen molar-refractivity contribution in [3.63, 3.8) is 0 Å². The number of nitrogens with one attached hydrogen (secondary N) is 1. The van der Waals surface area contributed by atoms with E-state index in [0.717, 1.165) is 17.1 Å². The molecule has 17 heavy (non-hydrogen) atoms. The standard InChI is InChI=1S/C13H20N4/c1-10-7-8-11(9-15-10)13(17-14)16-12-5-3-2-4-6-12/h7-9,12H,2-6,14H2,1H3,(H,16,17). The number of hydrazine groups is 1. The van der Waals surface area contributed by atoms with E-state index in [-0.39, 0.29) is 0 Å². The lowest BCUT2D eigenvalue weighted by Gasteiger charge is -2.19. The summed E-state index contributed by atoms with van der Waals surface area (Å²) in [6, 6.07) is 4.39. The molecular formula is C13H20N4. The van der Waals surface area contributed by atoms with Crippen molar-refractivity contribution >= 4 is 5.84 Å². The molecule has 1 saturated carbocycles. The molecule has 1 fully saturated rings. The summed E-state index contributed by atoms with van der Waals surface area (Å²) in [4.78, 5) is 8.96. The molecule has 4 heteroatoms. The number of nitrogens with two attached hydrogens (primary N) is 1. The zero-order valence-corrected chi connectivity index (χ0v) is 10.3. The van der Waals surface area contributed by atoms with E-state index in [0.29, 0.717) is 6.04 Å². The molecule has 1 heterocycles. The van der Waals surface area contributed by atoms with Crippen LogP contribution in [0.1, 0.15) is 43.4 Å². The van der Waals surface area contributed by atoms with Crippen LogP contribution in [0.15, 0.2) is 23.3 Å². The molecule has 0 spiro atoms. The maximum absolute atomic E-state index is 5.55. The number of pyridine rings is 1. The van der Waals surface area contributed by atoms with Gasteiger partial charge in [0.25, 0.3) is 0 Å². The summed E-state index contributed by atoms with van der Waals surface area (Å²) in [6.45, 7) is 1.97. The van der Waals surface area contributed by atoms with E-state index in [2.05, 4.69) is 10.4 Å². The lowest BCUT2D eigenvalue weighted by Crippen LogP contribution is -2.32. The fourth-order valence-corrected chi connectivity index (χ4v) is 2.20. The van der Waals surface area contributed by atoms with Gasteiger partial charge >= 0.3 is 0 Å². The number of hydrogen-bond acceptors (Lipinski definition) is 3. The molecule has 1 aromatic heterocycles. The lowest BCUT2D eigenvalue weighted by atomic mass is 9.96. The zero-order valence-electron chi connectivity index (χ0n) is 10.3. The van der Waals surface area contributed by atoms with E-state index in [1.165, 1.54) is 32.1 Å². The second-order valence-electron chi connectivity index (χ2n) is 4.60. The Morgan fingerprint density at radius 1 is 1.35 bits per heavy atom. The quantitative estimate of drug-likeness (QED) is 0.354. The summed E-state index contributed by atoms with van der Waals surface area (Å²) in [6.07, 6.45) is 8.05. The van der Waals surface area contributed by atoms with Crippen molar-refractivity contribution in [1.82, 2.24) is 10.4 Å². The summed E-state index contributed by atoms with van der Waals surface area (Å²) in [5.41, 5.74) is 4.66. The summed E-state index contributed by atoms with van der Waals surface area (Å²) >= 11 is 0. The molecule has 1 aliphatic carbocycles. The van der Waals surface area contributed by atoms with Crippen LogP contribution in [0.5, 0.6) is 0 Å². The van der Waals surface area contributed by atoms with Gasteiger partial charge in [0, 0.05) is 17.5 Å². The van der Waals surface area contributed by atoms with E-state index in [9.17, 15) is 0 Å². The summed E-state index contributed by atoms with van der Waals surface area (Å²) in [5.74, 6) is 6.31. The molecule has 1 aromatic rings. The van der Waals surface area contributed by atoms with Gasteiger partial charge in [-0.3, -0.25) is 9.98 Å². The molecule has 0 aliphatic heterocycles. The van der Waals surface area contributed by atoms with E-state index >= 15 is 0 Å². The SMILES string of the molecule is Cc1ccc(C(=NC2CCCCC2)NN)cn1. The molecular weight excluding hydrogens is 212 g/mol. The van der Waals surface area contributed by atoms with Crippen molar-refractivity contribution in [2.45, 2.75) is 45.1 Å². The molecule has 0 unspecified atom stereocenters. The largest absolute Gasteiger partial charge is 0.308 e. The van der Waals surface area contributed by atoms with Gasteiger partial charge in [-0.1, -0.05) is 19.3 Å². The Balaban J connectivity index is 2.14. The minimum absolute atomic E-state index is 0.413. The molecule has 3 N–H and O–H groups in total. The molecule has 1 aliphatic rings. The van der Waals surface area contributed by atoms with E-state index in [1.54, 1.807) is 0 Å². The molecule has 0 aromatic carbocycles. The average Bonchev–Trinajstić information content (AvgIpc) is 2.38. The second-order valence-corrected chi connectivity index (χ2v) is 4.60. The van der Waals surface area contributed by atoms with Crippen LogP contribution in [0.25, 0.3) is 0 Å². The third-order valence-corrected chi connectivity index (χ3v) is 3.21. The molecule has 92 valence electrons. The molecule has 4 nitrogen and oxygen atoms in total. The van der Waals surface area contributed by atoms with Gasteiger partial charge in [-0.05, 0) is 31.9 Å². The number of amidine groups is 1. The van der Waals surface area contributed by atoms with Gasteiger partial charge in [-0.15, -0.1) is 0 Å². The third-order valence-electron chi connectivity index (χ3n) is 3.21. The van der Waals surface area contributed by atoms with Crippen LogP contribution in [0.3, 0.4) is 0 Å². The second kappa shape index (κ2) is 5.77. The first-order valence-corrected chi connectivity index (χ1v) is 6.27. The van der Waals surface area contributed by atoms with Crippen LogP contribution < -0.4 is 11.3 Å². The number of aryl methyl sites for hydroxylation is 1. The average molecular weight is 232 g/mol. The summed E-state index contributed by atoms with van der Waals surface area (Å²) in [7, 11) is 0. The highest BCUT2D eigenvalue weighted by molar-refractivity contribution is 5.98. The predicted molar refractivity (Wildman–Crippen MR) is 69.7 cm³/mol. The highest BCUT2D eigenvalue weighted by Crippen LogP contribution is 2.20. The number of aromatic nitrogens is 1. The first kappa shape index (κ1) is 12.0. The number of aliphatic imine (C=N–C) groups is 1. The van der Waals surface area contributed by atoms with Gasteiger partial charge in [0.2, 0.25) is 0 Å². The molecule has 0 radical (unpaired) electrons. The van der Waals surface area contributed by atoms with Gasteiger partial charge in [0.15, 0.2) is 0 Å². The summed E-state index contributed by atoms with van der Waals surface area (Å²) < 4.78 is 0. The van der Waals surface area contributed by atoms with Gasteiger partial charge in [0.05, 0.1) is 6.04 Å². The van der Waals surface area contributed by atoms with Gasteiger partial charge in [-0.2, -0.15) is 0 Å². The first-order valence-electron chi connectivity index (χ1n) is 6.27. The van der Waals surface area contributed by atoms with Crippen molar-refractivity contribution in [1.29, 1.82) is 0 Å². The van der Waals surface area contributed by atoms with Gasteiger partial charge in [-0.25, -0.2) is 5.84 Å². The van der Waals surface area contributed by atoms with Crippen LogP contribution >= 0.6 is 0 Å². The van der Waals surface area contributed by atoms with Crippen molar-refractivity contribution in [2.75, 3.05) is 0 Å². The number of nitrogens with zero attached hydrogens (tertiary/aromatic N) is 2. The summed E-state index contributed by atoms with van der Waals surface area (Å²) in [5, 5.41) is 0. The van der Waals surface area contributed by atoms with Crippen LogP contribution in [0.2, 0.25) is 0 Å². The van der Waals surface area contributed by atoms with Crippen molar-refractivity contribution in [2.24, 2.45) is 10.8 Å². The molecule has 0 atom stereocenters. The Hall–Kier alpha value is -1.42. The maximum atomic E-state index is 5.55. The zero-order chi connectivity index (χ0) is 12.1. The van der Waals surface area contributed by atoms with Gasteiger partial charge in [0.1, 0.15) is 5.84 Å². The predicted octanol–water partition coefficient (Wildman–Crippen LogP) is 1.93. The minimum atomic E-state index is 0.413. The highest BCUT2D eigenvalue weighted by atomic mass is 15.3. The monoisotopic (exact) mass is 232 g/mol. The maximum Gasteiger partial charge on any atom is 0.144 e. The van der Waals surface area contributed by atoms with Crippen LogP contribution in [-0.4, -0.2) is 16.9 Å². The van der Waals surface area contributed by atoms with Crippen molar-refractivity contribution in [3.8, 4) is 0 Å². The van der Waals surface area contributed by atoms with E-state index < -0.39 is 0 Å². The van der Waals surface area contributed by atoms with Gasteiger partial charge < -0.3 is 5.43 Å². The van der Waals surface area contributed by atoms with Crippen molar-refractivity contribution < 1.29 is 0 Å². The van der Waals surface area contributed by atoms with E-state index in [4.69, 9.17) is 10.8 Å². The number of rotatable bonds is 2. The fourth-order valence-electron chi connectivity index (χ4n) is 2.20.